The molecule has 1 fully saturated rings. The van der Waals surface area contributed by atoms with E-state index in [9.17, 15) is 12.8 Å². The summed E-state index contributed by atoms with van der Waals surface area (Å²) in [7, 11) is -3.67. The molecule has 0 aliphatic heterocycles. The Morgan fingerprint density at radius 3 is 2.60 bits per heavy atom. The summed E-state index contributed by atoms with van der Waals surface area (Å²) >= 11 is 0. The van der Waals surface area contributed by atoms with E-state index in [1.807, 2.05) is 0 Å². The van der Waals surface area contributed by atoms with Crippen molar-refractivity contribution < 1.29 is 12.8 Å². The second-order valence-electron chi connectivity index (χ2n) is 5.17. The third-order valence-corrected chi connectivity index (χ3v) is 5.96. The summed E-state index contributed by atoms with van der Waals surface area (Å²) in [6.07, 6.45) is 3.30. The first-order valence-corrected chi connectivity index (χ1v) is 8.42. The predicted molar refractivity (Wildman–Crippen MR) is 76.1 cm³/mol. The van der Waals surface area contributed by atoms with E-state index in [4.69, 9.17) is 5.73 Å². The molecule has 112 valence electrons. The van der Waals surface area contributed by atoms with Gasteiger partial charge >= 0.3 is 0 Å². The van der Waals surface area contributed by atoms with Gasteiger partial charge in [-0.2, -0.15) is 4.31 Å². The molecule has 0 unspecified atom stereocenters. The number of hydrogen-bond donors (Lipinski definition) is 1. The summed E-state index contributed by atoms with van der Waals surface area (Å²) in [5.74, 6) is -0.132. The number of nitrogens with zero attached hydrogens (tertiary/aromatic N) is 1. The fourth-order valence-corrected chi connectivity index (χ4v) is 4.25. The number of nitrogens with two attached hydrogens (primary N) is 1. The highest BCUT2D eigenvalue weighted by atomic mass is 32.2. The van der Waals surface area contributed by atoms with E-state index in [1.54, 1.807) is 6.92 Å². The van der Waals surface area contributed by atoms with E-state index < -0.39 is 15.8 Å². The van der Waals surface area contributed by atoms with Crippen molar-refractivity contribution in [2.45, 2.75) is 37.6 Å². The molecule has 1 aliphatic carbocycles. The highest BCUT2D eigenvalue weighted by molar-refractivity contribution is 7.89. The molecule has 4 nitrogen and oxygen atoms in total. The van der Waals surface area contributed by atoms with Crippen molar-refractivity contribution in [3.63, 3.8) is 0 Å². The summed E-state index contributed by atoms with van der Waals surface area (Å²) in [5, 5.41) is 0. The predicted octanol–water partition coefficient (Wildman–Crippen LogP) is 2.10. The Kier molecular flexibility index (Phi) is 4.78. The zero-order valence-corrected chi connectivity index (χ0v) is 12.5. The maximum Gasteiger partial charge on any atom is 0.243 e. The second-order valence-corrected chi connectivity index (χ2v) is 7.08. The number of hydrogen-bond acceptors (Lipinski definition) is 3. The van der Waals surface area contributed by atoms with Crippen LogP contribution in [0.2, 0.25) is 0 Å². The minimum Gasteiger partial charge on any atom is -0.326 e. The molecule has 1 aliphatic rings. The molecule has 0 spiro atoms. The van der Waals surface area contributed by atoms with Gasteiger partial charge in [0.15, 0.2) is 0 Å². The first-order valence-electron chi connectivity index (χ1n) is 6.98. The lowest BCUT2D eigenvalue weighted by Crippen LogP contribution is -2.37. The molecule has 2 rings (SSSR count). The van der Waals surface area contributed by atoms with Crippen LogP contribution in [0.15, 0.2) is 23.1 Å². The van der Waals surface area contributed by atoms with Gasteiger partial charge < -0.3 is 5.73 Å². The molecular formula is C14H21FN2O2S. The van der Waals surface area contributed by atoms with Crippen LogP contribution in [-0.2, 0) is 16.6 Å². The van der Waals surface area contributed by atoms with Gasteiger partial charge in [-0.25, -0.2) is 12.8 Å². The zero-order chi connectivity index (χ0) is 14.8. The fourth-order valence-electron chi connectivity index (χ4n) is 2.48. The summed E-state index contributed by atoms with van der Waals surface area (Å²) in [6.45, 7) is 2.58. The van der Waals surface area contributed by atoms with E-state index in [2.05, 4.69) is 0 Å². The largest absolute Gasteiger partial charge is 0.326 e. The van der Waals surface area contributed by atoms with Crippen LogP contribution in [0.1, 0.15) is 31.7 Å². The van der Waals surface area contributed by atoms with E-state index in [0.29, 0.717) is 19.0 Å². The van der Waals surface area contributed by atoms with Gasteiger partial charge in [-0.3, -0.25) is 0 Å². The second kappa shape index (κ2) is 6.20. The third-order valence-electron chi connectivity index (χ3n) is 3.94. The van der Waals surface area contributed by atoms with Gasteiger partial charge in [0, 0.05) is 25.2 Å². The van der Waals surface area contributed by atoms with E-state index in [-0.39, 0.29) is 17.0 Å². The van der Waals surface area contributed by atoms with Crippen LogP contribution in [0.3, 0.4) is 0 Å². The van der Waals surface area contributed by atoms with Crippen LogP contribution in [0.25, 0.3) is 0 Å². The Balaban J connectivity index is 2.34. The standard InChI is InChI=1S/C14H21FN2O2S/c1-2-17(10-11-5-3-6-11)20(18,19)14-8-4-7-13(15)12(14)9-16/h4,7-8,11H,2-3,5-6,9-10,16H2,1H3. The lowest BCUT2D eigenvalue weighted by molar-refractivity contribution is 0.250. The summed E-state index contributed by atoms with van der Waals surface area (Å²) in [5.41, 5.74) is 5.57. The van der Waals surface area contributed by atoms with Crippen LogP contribution < -0.4 is 5.73 Å². The summed E-state index contributed by atoms with van der Waals surface area (Å²) in [6, 6.07) is 4.09. The molecule has 0 atom stereocenters. The Morgan fingerprint density at radius 1 is 1.40 bits per heavy atom. The average Bonchev–Trinajstić information content (AvgIpc) is 2.37. The molecule has 6 heteroatoms. The highest BCUT2D eigenvalue weighted by Gasteiger charge is 2.30. The number of benzene rings is 1. The minimum atomic E-state index is -3.67. The number of halogens is 1. The molecule has 0 saturated heterocycles. The quantitative estimate of drug-likeness (QED) is 0.875. The maximum absolute atomic E-state index is 13.7. The van der Waals surface area contributed by atoms with Gasteiger partial charge in [0.1, 0.15) is 5.82 Å². The normalized spacial score (nSPS) is 16.4. The Labute approximate surface area is 119 Å². The van der Waals surface area contributed by atoms with Crippen molar-refractivity contribution in [1.82, 2.24) is 4.31 Å². The van der Waals surface area contributed by atoms with Crippen LogP contribution in [0.5, 0.6) is 0 Å². The number of rotatable bonds is 6. The molecular weight excluding hydrogens is 279 g/mol. The van der Waals surface area contributed by atoms with Gasteiger partial charge in [-0.1, -0.05) is 19.4 Å². The minimum absolute atomic E-state index is 0.00109. The molecule has 0 heterocycles. The highest BCUT2D eigenvalue weighted by Crippen LogP contribution is 2.30. The topological polar surface area (TPSA) is 63.4 Å². The first-order chi connectivity index (χ1) is 9.50. The molecule has 0 bridgehead atoms. The van der Waals surface area contributed by atoms with E-state index in [0.717, 1.165) is 19.3 Å². The molecule has 1 saturated carbocycles. The molecule has 1 aromatic carbocycles. The lowest BCUT2D eigenvalue weighted by Gasteiger charge is -2.31. The van der Waals surface area contributed by atoms with Crippen LogP contribution in [-0.4, -0.2) is 25.8 Å². The SMILES string of the molecule is CCN(CC1CCC1)S(=O)(=O)c1cccc(F)c1CN. The van der Waals surface area contributed by atoms with Gasteiger partial charge in [0.2, 0.25) is 10.0 Å². The lowest BCUT2D eigenvalue weighted by atomic mass is 9.85. The Morgan fingerprint density at radius 2 is 2.10 bits per heavy atom. The van der Waals surface area contributed by atoms with Crippen LogP contribution >= 0.6 is 0 Å². The van der Waals surface area contributed by atoms with Gasteiger partial charge in [-0.15, -0.1) is 0 Å². The van der Waals surface area contributed by atoms with Gasteiger partial charge in [-0.05, 0) is 30.9 Å². The smallest absolute Gasteiger partial charge is 0.243 e. The molecule has 20 heavy (non-hydrogen) atoms. The van der Waals surface area contributed by atoms with Gasteiger partial charge in [0.25, 0.3) is 0 Å². The molecule has 1 aromatic rings. The molecule has 0 aromatic heterocycles. The Bertz CT molecular complexity index is 571. The molecule has 0 radical (unpaired) electrons. The summed E-state index contributed by atoms with van der Waals surface area (Å²) < 4.78 is 40.5. The van der Waals surface area contributed by atoms with Crippen molar-refractivity contribution in [2.75, 3.05) is 13.1 Å². The molecule has 0 amide bonds. The van der Waals surface area contributed by atoms with E-state index >= 15 is 0 Å². The molecule has 2 N–H and O–H groups in total. The first kappa shape index (κ1) is 15.4. The zero-order valence-electron chi connectivity index (χ0n) is 11.7. The third kappa shape index (κ3) is 2.87. The van der Waals surface area contributed by atoms with Crippen molar-refractivity contribution in [3.05, 3.63) is 29.6 Å². The summed E-state index contributed by atoms with van der Waals surface area (Å²) in [4.78, 5) is 0.00109. The van der Waals surface area contributed by atoms with E-state index in [1.165, 1.54) is 22.5 Å². The fraction of sp³-hybridized carbons (Fsp3) is 0.571. The maximum atomic E-state index is 13.7. The Hall–Kier alpha value is -0.980. The average molecular weight is 300 g/mol. The monoisotopic (exact) mass is 300 g/mol. The van der Waals surface area contributed by atoms with Crippen molar-refractivity contribution in [2.24, 2.45) is 11.7 Å². The van der Waals surface area contributed by atoms with Crippen LogP contribution in [0.4, 0.5) is 4.39 Å². The number of sulfonamides is 1. The van der Waals surface area contributed by atoms with Crippen LogP contribution in [0, 0.1) is 11.7 Å². The van der Waals surface area contributed by atoms with Crippen molar-refractivity contribution in [1.29, 1.82) is 0 Å². The van der Waals surface area contributed by atoms with Crippen molar-refractivity contribution >= 4 is 10.0 Å². The van der Waals surface area contributed by atoms with Gasteiger partial charge in [0.05, 0.1) is 4.90 Å². The van der Waals surface area contributed by atoms with Crippen molar-refractivity contribution in [3.8, 4) is 0 Å².